The van der Waals surface area contributed by atoms with Crippen LogP contribution in [0.3, 0.4) is 0 Å². The first kappa shape index (κ1) is 22.2. The van der Waals surface area contributed by atoms with E-state index < -0.39 is 0 Å². The Labute approximate surface area is 215 Å². The lowest BCUT2D eigenvalue weighted by Crippen LogP contribution is -2.30. The first-order chi connectivity index (χ1) is 18.3. The van der Waals surface area contributed by atoms with Crippen molar-refractivity contribution in [2.75, 3.05) is 0 Å². The van der Waals surface area contributed by atoms with E-state index in [9.17, 15) is 19.2 Å². The van der Waals surface area contributed by atoms with Crippen LogP contribution in [0.5, 0.6) is 0 Å². The summed E-state index contributed by atoms with van der Waals surface area (Å²) in [6.07, 6.45) is 0. The van der Waals surface area contributed by atoms with E-state index in [-0.39, 0.29) is 29.2 Å². The summed E-state index contributed by atoms with van der Waals surface area (Å²) >= 11 is 0. The van der Waals surface area contributed by atoms with Gasteiger partial charge in [-0.25, -0.2) is 0 Å². The number of benzene rings is 4. The minimum Gasteiger partial charge on any atom is -0.354 e. The van der Waals surface area contributed by atoms with E-state index in [1.165, 1.54) is 4.90 Å². The molecule has 1 aliphatic heterocycles. The SMILES string of the molecule is Cc1ccc2[nH]c3cc4c(=O)c5c(CN6C(=O)c7ccccc7C6=O)c(C)ccc5[nH]c4cc3c(=O)c2c1. The van der Waals surface area contributed by atoms with Crippen molar-refractivity contribution in [3.8, 4) is 0 Å². The maximum atomic E-state index is 14.0. The maximum absolute atomic E-state index is 14.0. The highest BCUT2D eigenvalue weighted by Gasteiger charge is 2.35. The number of fused-ring (bicyclic) bond motifs is 5. The van der Waals surface area contributed by atoms with E-state index in [0.29, 0.717) is 60.3 Å². The number of carbonyl (C=O) groups is 2. The highest BCUT2D eigenvalue weighted by atomic mass is 16.2. The Morgan fingerprint density at radius 1 is 0.632 bits per heavy atom. The van der Waals surface area contributed by atoms with Gasteiger partial charge in [-0.15, -0.1) is 0 Å². The second-order valence-electron chi connectivity index (χ2n) is 9.93. The van der Waals surface area contributed by atoms with Crippen LogP contribution in [0.1, 0.15) is 37.4 Å². The summed E-state index contributed by atoms with van der Waals surface area (Å²) in [6, 6.07) is 19.5. The number of pyridine rings is 2. The molecule has 6 aromatic rings. The van der Waals surface area contributed by atoms with Crippen molar-refractivity contribution in [3.63, 3.8) is 0 Å². The Kier molecular flexibility index (Phi) is 4.51. The molecule has 0 unspecified atom stereocenters. The lowest BCUT2D eigenvalue weighted by molar-refractivity contribution is 0.0643. The van der Waals surface area contributed by atoms with Gasteiger partial charge in [-0.05, 0) is 67.4 Å². The summed E-state index contributed by atoms with van der Waals surface area (Å²) in [5, 5.41) is 1.93. The van der Waals surface area contributed by atoms with Gasteiger partial charge < -0.3 is 9.97 Å². The topological polar surface area (TPSA) is 103 Å². The molecule has 0 bridgehead atoms. The van der Waals surface area contributed by atoms with Gasteiger partial charge in [0.2, 0.25) is 0 Å². The van der Waals surface area contributed by atoms with Gasteiger partial charge in [0.25, 0.3) is 11.8 Å². The van der Waals surface area contributed by atoms with Crippen LogP contribution in [0, 0.1) is 13.8 Å². The number of aromatic amines is 2. The largest absolute Gasteiger partial charge is 0.354 e. The number of rotatable bonds is 2. The number of hydrogen-bond donors (Lipinski definition) is 2. The predicted molar refractivity (Wildman–Crippen MR) is 148 cm³/mol. The third kappa shape index (κ3) is 3.02. The predicted octanol–water partition coefficient (Wildman–Crippen LogP) is 5.09. The number of carbonyl (C=O) groups excluding carboxylic acids is 2. The molecule has 2 aromatic heterocycles. The summed E-state index contributed by atoms with van der Waals surface area (Å²) in [7, 11) is 0. The van der Waals surface area contributed by atoms with E-state index in [1.54, 1.807) is 36.4 Å². The number of amides is 2. The fourth-order valence-electron chi connectivity index (χ4n) is 5.57. The quantitative estimate of drug-likeness (QED) is 0.256. The molecule has 184 valence electrons. The third-order valence-electron chi connectivity index (χ3n) is 7.57. The average Bonchev–Trinajstić information content (AvgIpc) is 3.15. The van der Waals surface area contributed by atoms with E-state index in [0.717, 1.165) is 11.1 Å². The van der Waals surface area contributed by atoms with E-state index in [1.807, 2.05) is 44.2 Å². The molecule has 0 aliphatic carbocycles. The van der Waals surface area contributed by atoms with Crippen LogP contribution in [0.25, 0.3) is 43.6 Å². The number of hydrogen-bond acceptors (Lipinski definition) is 4. The minimum atomic E-state index is -0.370. The zero-order valence-corrected chi connectivity index (χ0v) is 20.6. The Hall–Kier alpha value is -5.04. The van der Waals surface area contributed by atoms with Crippen LogP contribution in [-0.2, 0) is 6.54 Å². The number of imide groups is 1. The molecule has 7 nitrogen and oxygen atoms in total. The molecule has 38 heavy (non-hydrogen) atoms. The molecule has 4 aromatic carbocycles. The van der Waals surface area contributed by atoms with E-state index >= 15 is 0 Å². The van der Waals surface area contributed by atoms with Crippen molar-refractivity contribution in [1.29, 1.82) is 0 Å². The van der Waals surface area contributed by atoms with Gasteiger partial charge in [0.1, 0.15) is 0 Å². The molecular formula is C31H21N3O4. The molecule has 1 aliphatic rings. The van der Waals surface area contributed by atoms with Crippen molar-refractivity contribution in [2.24, 2.45) is 0 Å². The Balaban J connectivity index is 1.46. The molecule has 0 radical (unpaired) electrons. The maximum Gasteiger partial charge on any atom is 0.261 e. The molecule has 7 rings (SSSR count). The van der Waals surface area contributed by atoms with Gasteiger partial charge in [0.15, 0.2) is 10.9 Å². The molecule has 0 spiro atoms. The van der Waals surface area contributed by atoms with Gasteiger partial charge in [-0.3, -0.25) is 24.1 Å². The fraction of sp³-hybridized carbons (Fsp3) is 0.0968. The van der Waals surface area contributed by atoms with Crippen LogP contribution < -0.4 is 10.9 Å². The number of aromatic nitrogens is 2. The molecule has 2 N–H and O–H groups in total. The molecule has 2 amide bonds. The molecule has 3 heterocycles. The third-order valence-corrected chi connectivity index (χ3v) is 7.57. The minimum absolute atomic E-state index is 0.0154. The molecule has 0 atom stereocenters. The molecule has 7 heteroatoms. The van der Waals surface area contributed by atoms with Gasteiger partial charge in [0.05, 0.1) is 39.6 Å². The smallest absolute Gasteiger partial charge is 0.261 e. The van der Waals surface area contributed by atoms with Gasteiger partial charge >= 0.3 is 0 Å². The molecular weight excluding hydrogens is 478 g/mol. The first-order valence-electron chi connectivity index (χ1n) is 12.3. The number of nitrogens with one attached hydrogen (secondary N) is 2. The number of nitrogens with zero attached hydrogens (tertiary/aromatic N) is 1. The zero-order valence-electron chi connectivity index (χ0n) is 20.6. The summed E-state index contributed by atoms with van der Waals surface area (Å²) < 4.78 is 0. The Morgan fingerprint density at radius 3 is 1.89 bits per heavy atom. The Bertz CT molecular complexity index is 2140. The summed E-state index contributed by atoms with van der Waals surface area (Å²) in [5.74, 6) is -0.741. The molecule has 0 fully saturated rings. The lowest BCUT2D eigenvalue weighted by Gasteiger charge is -2.18. The lowest BCUT2D eigenvalue weighted by atomic mass is 9.99. The van der Waals surface area contributed by atoms with Crippen molar-refractivity contribution in [2.45, 2.75) is 20.4 Å². The monoisotopic (exact) mass is 499 g/mol. The van der Waals surface area contributed by atoms with Gasteiger partial charge in [0, 0.05) is 21.7 Å². The average molecular weight is 500 g/mol. The van der Waals surface area contributed by atoms with Crippen LogP contribution in [0.2, 0.25) is 0 Å². The first-order valence-corrected chi connectivity index (χ1v) is 12.3. The highest BCUT2D eigenvalue weighted by Crippen LogP contribution is 2.29. The zero-order chi connectivity index (χ0) is 26.3. The van der Waals surface area contributed by atoms with Crippen LogP contribution in [-0.4, -0.2) is 26.7 Å². The Morgan fingerprint density at radius 2 is 1.21 bits per heavy atom. The second kappa shape index (κ2) is 7.73. The second-order valence-corrected chi connectivity index (χ2v) is 9.93. The standard InChI is InChI=1S/C31H21N3O4/c1-15-7-9-23-19(11-15)28(35)20-12-26-21(13-25(20)32-23)29(36)27-22(16(2)8-10-24(27)33-26)14-34-30(37)17-5-3-4-6-18(17)31(34)38/h3-13H,14H2,1-2H3,(H,32,35)(H,33,36). The number of H-pyrrole nitrogens is 2. The van der Waals surface area contributed by atoms with E-state index in [2.05, 4.69) is 9.97 Å². The van der Waals surface area contributed by atoms with Crippen LogP contribution in [0.4, 0.5) is 0 Å². The summed E-state index contributed by atoms with van der Waals surface area (Å²) in [5.41, 5.74) is 5.20. The van der Waals surface area contributed by atoms with Crippen LogP contribution >= 0.6 is 0 Å². The van der Waals surface area contributed by atoms with Crippen molar-refractivity contribution in [3.05, 3.63) is 115 Å². The summed E-state index contributed by atoms with van der Waals surface area (Å²) in [4.78, 5) is 61.2. The van der Waals surface area contributed by atoms with Crippen molar-refractivity contribution < 1.29 is 9.59 Å². The number of aryl methyl sites for hydroxylation is 2. The summed E-state index contributed by atoms with van der Waals surface area (Å²) in [6.45, 7) is 3.79. The van der Waals surface area contributed by atoms with Crippen LogP contribution in [0.15, 0.2) is 76.3 Å². The van der Waals surface area contributed by atoms with Gasteiger partial charge in [-0.2, -0.15) is 0 Å². The van der Waals surface area contributed by atoms with Crippen molar-refractivity contribution in [1.82, 2.24) is 14.9 Å². The van der Waals surface area contributed by atoms with Crippen molar-refractivity contribution >= 4 is 55.4 Å². The van der Waals surface area contributed by atoms with E-state index in [4.69, 9.17) is 0 Å². The van der Waals surface area contributed by atoms with Gasteiger partial charge in [-0.1, -0.05) is 29.8 Å². The molecule has 0 saturated carbocycles. The highest BCUT2D eigenvalue weighted by molar-refractivity contribution is 6.21. The molecule has 0 saturated heterocycles. The normalized spacial score (nSPS) is 13.4. The fourth-order valence-corrected chi connectivity index (χ4v) is 5.57.